The number of rotatable bonds is 4. The first-order chi connectivity index (χ1) is 9.43. The Morgan fingerprint density at radius 1 is 1.35 bits per heavy atom. The molecule has 0 bridgehead atoms. The Labute approximate surface area is 123 Å². The standard InChI is InChI=1S/C17H31NO2/c1-4-6-13-7-8-14(16(19)20)15(11-13)18-10-5-9-17(2,3)12-18/h13-15H,4-12H2,1-3H3,(H,19,20). The lowest BCUT2D eigenvalue weighted by Gasteiger charge is -2.47. The van der Waals surface area contributed by atoms with Crippen LogP contribution in [0, 0.1) is 17.3 Å². The number of carbonyl (C=O) groups is 1. The zero-order chi connectivity index (χ0) is 14.8. The van der Waals surface area contributed by atoms with Crippen LogP contribution in [0.4, 0.5) is 0 Å². The summed E-state index contributed by atoms with van der Waals surface area (Å²) in [5.41, 5.74) is 0.346. The topological polar surface area (TPSA) is 40.5 Å². The Hall–Kier alpha value is -0.570. The second-order valence-electron chi connectivity index (χ2n) is 7.72. The molecule has 2 rings (SSSR count). The minimum atomic E-state index is -0.576. The van der Waals surface area contributed by atoms with Gasteiger partial charge in [0.1, 0.15) is 0 Å². The van der Waals surface area contributed by atoms with Gasteiger partial charge >= 0.3 is 5.97 Å². The molecule has 1 saturated carbocycles. The Balaban J connectivity index is 2.08. The molecule has 0 amide bonds. The van der Waals surface area contributed by atoms with Gasteiger partial charge < -0.3 is 5.11 Å². The third-order valence-corrected chi connectivity index (χ3v) is 5.34. The average molecular weight is 281 g/mol. The molecule has 3 atom stereocenters. The van der Waals surface area contributed by atoms with Gasteiger partial charge in [-0.25, -0.2) is 0 Å². The normalized spacial score (nSPS) is 34.9. The van der Waals surface area contributed by atoms with Crippen LogP contribution in [0.25, 0.3) is 0 Å². The van der Waals surface area contributed by atoms with Crippen LogP contribution >= 0.6 is 0 Å². The molecule has 1 aliphatic heterocycles. The third kappa shape index (κ3) is 3.75. The van der Waals surface area contributed by atoms with E-state index >= 15 is 0 Å². The SMILES string of the molecule is CCCC1CCC(C(=O)O)C(N2CCCC(C)(C)C2)C1. The summed E-state index contributed by atoms with van der Waals surface area (Å²) in [6.07, 6.45) is 8.06. The van der Waals surface area contributed by atoms with E-state index in [0.29, 0.717) is 5.41 Å². The van der Waals surface area contributed by atoms with Gasteiger partial charge in [-0.3, -0.25) is 9.69 Å². The predicted molar refractivity (Wildman–Crippen MR) is 81.8 cm³/mol. The number of carboxylic acids is 1. The van der Waals surface area contributed by atoms with Crippen LogP contribution < -0.4 is 0 Å². The Morgan fingerprint density at radius 3 is 2.70 bits per heavy atom. The lowest BCUT2D eigenvalue weighted by molar-refractivity contribution is -0.147. The second kappa shape index (κ2) is 6.46. The summed E-state index contributed by atoms with van der Waals surface area (Å²) >= 11 is 0. The van der Waals surface area contributed by atoms with Crippen LogP contribution in [0.5, 0.6) is 0 Å². The van der Waals surface area contributed by atoms with Gasteiger partial charge in [0, 0.05) is 12.6 Å². The first-order valence-corrected chi connectivity index (χ1v) is 8.40. The molecule has 3 unspecified atom stereocenters. The smallest absolute Gasteiger partial charge is 0.308 e. The Morgan fingerprint density at radius 2 is 2.10 bits per heavy atom. The monoisotopic (exact) mass is 281 g/mol. The molecule has 1 N–H and O–H groups in total. The van der Waals surface area contributed by atoms with Crippen LogP contribution in [0.3, 0.4) is 0 Å². The first-order valence-electron chi connectivity index (χ1n) is 8.40. The average Bonchev–Trinajstić information content (AvgIpc) is 2.37. The molecular formula is C17H31NO2. The largest absolute Gasteiger partial charge is 0.481 e. The van der Waals surface area contributed by atoms with Gasteiger partial charge in [0.15, 0.2) is 0 Å². The molecule has 0 aromatic heterocycles. The van der Waals surface area contributed by atoms with E-state index < -0.39 is 5.97 Å². The maximum atomic E-state index is 11.6. The van der Waals surface area contributed by atoms with Crippen molar-refractivity contribution in [3.8, 4) is 0 Å². The summed E-state index contributed by atoms with van der Waals surface area (Å²) in [7, 11) is 0. The summed E-state index contributed by atoms with van der Waals surface area (Å²) in [5, 5.41) is 9.56. The van der Waals surface area contributed by atoms with Gasteiger partial charge in [0.05, 0.1) is 5.92 Å². The van der Waals surface area contributed by atoms with E-state index in [0.717, 1.165) is 38.3 Å². The third-order valence-electron chi connectivity index (χ3n) is 5.34. The molecule has 3 heteroatoms. The van der Waals surface area contributed by atoms with Gasteiger partial charge in [0.25, 0.3) is 0 Å². The van der Waals surface area contributed by atoms with Crippen LogP contribution in [-0.2, 0) is 4.79 Å². The Bertz CT molecular complexity index is 340. The van der Waals surface area contributed by atoms with Gasteiger partial charge in [-0.15, -0.1) is 0 Å². The lowest BCUT2D eigenvalue weighted by atomic mass is 9.74. The highest BCUT2D eigenvalue weighted by molar-refractivity contribution is 5.71. The van der Waals surface area contributed by atoms with Crippen molar-refractivity contribution in [2.24, 2.45) is 17.3 Å². The fourth-order valence-electron chi connectivity index (χ4n) is 4.35. The number of carboxylic acid groups (broad SMARTS) is 1. The summed E-state index contributed by atoms with van der Waals surface area (Å²) in [6.45, 7) is 9.04. The summed E-state index contributed by atoms with van der Waals surface area (Å²) in [6, 6.07) is 0.275. The van der Waals surface area contributed by atoms with E-state index in [1.54, 1.807) is 0 Å². The number of aliphatic carboxylic acids is 1. The van der Waals surface area contributed by atoms with E-state index in [1.165, 1.54) is 25.7 Å². The van der Waals surface area contributed by atoms with Crippen molar-refractivity contribution in [3.05, 3.63) is 0 Å². The number of piperidine rings is 1. The molecule has 2 aliphatic rings. The number of likely N-dealkylation sites (tertiary alicyclic amines) is 1. The second-order valence-corrected chi connectivity index (χ2v) is 7.72. The highest BCUT2D eigenvalue weighted by atomic mass is 16.4. The maximum Gasteiger partial charge on any atom is 0.308 e. The number of hydrogen-bond acceptors (Lipinski definition) is 2. The van der Waals surface area contributed by atoms with Crippen molar-refractivity contribution < 1.29 is 9.90 Å². The van der Waals surface area contributed by atoms with E-state index in [4.69, 9.17) is 0 Å². The highest BCUT2D eigenvalue weighted by Crippen LogP contribution is 2.38. The van der Waals surface area contributed by atoms with E-state index in [-0.39, 0.29) is 12.0 Å². The van der Waals surface area contributed by atoms with E-state index in [9.17, 15) is 9.90 Å². The first kappa shape index (κ1) is 15.8. The molecule has 1 heterocycles. The van der Waals surface area contributed by atoms with Crippen molar-refractivity contribution in [2.75, 3.05) is 13.1 Å². The molecule has 3 nitrogen and oxygen atoms in total. The quantitative estimate of drug-likeness (QED) is 0.852. The maximum absolute atomic E-state index is 11.6. The molecule has 1 aliphatic carbocycles. The summed E-state index contributed by atoms with van der Waals surface area (Å²) < 4.78 is 0. The molecule has 1 saturated heterocycles. The van der Waals surface area contributed by atoms with Gasteiger partial charge in [0.2, 0.25) is 0 Å². The van der Waals surface area contributed by atoms with Crippen LogP contribution in [0.1, 0.15) is 65.7 Å². The Kier molecular flexibility index (Phi) is 5.11. The molecule has 0 aromatic carbocycles. The highest BCUT2D eigenvalue weighted by Gasteiger charge is 2.40. The van der Waals surface area contributed by atoms with Crippen LogP contribution in [0.2, 0.25) is 0 Å². The van der Waals surface area contributed by atoms with Crippen molar-refractivity contribution in [1.29, 1.82) is 0 Å². The van der Waals surface area contributed by atoms with Gasteiger partial charge in [-0.05, 0) is 50.0 Å². The molecular weight excluding hydrogens is 250 g/mol. The minimum absolute atomic E-state index is 0.142. The number of nitrogens with zero attached hydrogens (tertiary/aromatic N) is 1. The number of hydrogen-bond donors (Lipinski definition) is 1. The van der Waals surface area contributed by atoms with Crippen LogP contribution in [-0.4, -0.2) is 35.1 Å². The zero-order valence-electron chi connectivity index (χ0n) is 13.4. The predicted octanol–water partition coefficient (Wildman–Crippen LogP) is 3.78. The molecule has 0 spiro atoms. The van der Waals surface area contributed by atoms with Gasteiger partial charge in [-0.2, -0.15) is 0 Å². The summed E-state index contributed by atoms with van der Waals surface area (Å²) in [4.78, 5) is 14.1. The van der Waals surface area contributed by atoms with Crippen molar-refractivity contribution in [3.63, 3.8) is 0 Å². The van der Waals surface area contributed by atoms with Crippen molar-refractivity contribution in [2.45, 2.75) is 71.8 Å². The van der Waals surface area contributed by atoms with Crippen molar-refractivity contribution in [1.82, 2.24) is 4.90 Å². The molecule has 20 heavy (non-hydrogen) atoms. The molecule has 116 valence electrons. The van der Waals surface area contributed by atoms with E-state index in [2.05, 4.69) is 25.7 Å². The molecule has 0 radical (unpaired) electrons. The summed E-state index contributed by atoms with van der Waals surface area (Å²) in [5.74, 6) is 0.0240. The molecule has 2 fully saturated rings. The molecule has 0 aromatic rings. The zero-order valence-corrected chi connectivity index (χ0v) is 13.4. The minimum Gasteiger partial charge on any atom is -0.481 e. The van der Waals surface area contributed by atoms with Gasteiger partial charge in [-0.1, -0.05) is 33.6 Å². The fourth-order valence-corrected chi connectivity index (χ4v) is 4.35. The lowest BCUT2D eigenvalue weighted by Crippen LogP contribution is -2.52. The fraction of sp³-hybridized carbons (Fsp3) is 0.941. The van der Waals surface area contributed by atoms with E-state index in [1.807, 2.05) is 0 Å². The van der Waals surface area contributed by atoms with Crippen LogP contribution in [0.15, 0.2) is 0 Å². The van der Waals surface area contributed by atoms with Crippen molar-refractivity contribution >= 4 is 5.97 Å².